The van der Waals surface area contributed by atoms with Crippen LogP contribution in [-0.4, -0.2) is 24.1 Å². The first kappa shape index (κ1) is 19.0. The fourth-order valence-corrected chi connectivity index (χ4v) is 2.56. The number of hydrogen-bond donors (Lipinski definition) is 2. The van der Waals surface area contributed by atoms with Gasteiger partial charge in [-0.2, -0.15) is 13.2 Å². The highest BCUT2D eigenvalue weighted by atomic mass is 35.5. The van der Waals surface area contributed by atoms with E-state index in [0.717, 1.165) is 12.1 Å². The molecule has 0 saturated heterocycles. The summed E-state index contributed by atoms with van der Waals surface area (Å²) in [5.41, 5.74) is -4.67. The number of halogens is 4. The molecular formula is C15H14ClF3N2O4. The van der Waals surface area contributed by atoms with Gasteiger partial charge in [0, 0.05) is 17.0 Å². The second-order valence-corrected chi connectivity index (χ2v) is 6.30. The van der Waals surface area contributed by atoms with E-state index in [-0.39, 0.29) is 23.0 Å². The zero-order valence-corrected chi connectivity index (χ0v) is 13.9. The predicted molar refractivity (Wildman–Crippen MR) is 81.9 cm³/mol. The normalized spacial score (nSPS) is 19.7. The molecule has 0 radical (unpaired) electrons. The molecule has 1 aliphatic heterocycles. The molecule has 6 nitrogen and oxygen atoms in total. The maximum atomic E-state index is 13.8. The van der Waals surface area contributed by atoms with Crippen molar-refractivity contribution in [3.63, 3.8) is 0 Å². The Balaban J connectivity index is 2.57. The van der Waals surface area contributed by atoms with Gasteiger partial charge in [0.05, 0.1) is 5.69 Å². The lowest BCUT2D eigenvalue weighted by Gasteiger charge is -2.37. The van der Waals surface area contributed by atoms with E-state index in [2.05, 4.69) is 10.1 Å². The summed E-state index contributed by atoms with van der Waals surface area (Å²) in [5.74, 6) is -2.90. The highest BCUT2D eigenvalue weighted by molar-refractivity contribution is 6.30. The zero-order chi connectivity index (χ0) is 19.0. The molecule has 0 unspecified atom stereocenters. The minimum absolute atomic E-state index is 0.103. The van der Waals surface area contributed by atoms with Crippen molar-refractivity contribution >= 4 is 35.2 Å². The number of amides is 3. The summed E-state index contributed by atoms with van der Waals surface area (Å²) >= 11 is 5.74. The lowest BCUT2D eigenvalue weighted by atomic mass is 9.88. The molecule has 1 atom stereocenters. The number of rotatable bonds is 3. The number of nitrogens with one attached hydrogen (secondary N) is 2. The molecule has 2 N–H and O–H groups in total. The number of benzene rings is 1. The molecule has 2 rings (SSSR count). The molecule has 0 spiro atoms. The first-order chi connectivity index (χ1) is 11.5. The Morgan fingerprint density at radius 1 is 1.36 bits per heavy atom. The van der Waals surface area contributed by atoms with Gasteiger partial charge >= 0.3 is 17.9 Å². The van der Waals surface area contributed by atoms with Gasteiger partial charge in [0.25, 0.3) is 5.91 Å². The lowest BCUT2D eigenvalue weighted by molar-refractivity contribution is -0.255. The number of fused-ring (bicyclic) bond motifs is 1. The Morgan fingerprint density at radius 3 is 2.56 bits per heavy atom. The number of hydrogen-bond acceptors (Lipinski definition) is 4. The quantitative estimate of drug-likeness (QED) is 0.844. The van der Waals surface area contributed by atoms with Crippen LogP contribution in [0, 0.1) is 5.92 Å². The summed E-state index contributed by atoms with van der Waals surface area (Å²) in [6.07, 6.45) is -6.97. The molecule has 1 aliphatic rings. The number of alkyl halides is 3. The van der Waals surface area contributed by atoms with Gasteiger partial charge < -0.3 is 4.74 Å². The minimum atomic E-state index is -5.33. The second-order valence-electron chi connectivity index (χ2n) is 5.86. The molecule has 0 fully saturated rings. The molecule has 1 aromatic carbocycles. The average molecular weight is 379 g/mol. The Hall–Kier alpha value is -2.29. The highest BCUT2D eigenvalue weighted by Gasteiger charge is 2.68. The van der Waals surface area contributed by atoms with Crippen molar-refractivity contribution < 1.29 is 32.3 Å². The SMILES string of the molecule is CC(C)CC(=O)NC(=O)[C@]1(C(F)(F)F)OC(=O)Nc2ccc(Cl)cc21. The Labute approximate surface area is 145 Å². The maximum Gasteiger partial charge on any atom is 0.442 e. The number of anilines is 1. The van der Waals surface area contributed by atoms with Gasteiger partial charge in [-0.05, 0) is 24.1 Å². The van der Waals surface area contributed by atoms with Crippen molar-refractivity contribution in [2.45, 2.75) is 32.0 Å². The molecule has 1 aromatic rings. The fraction of sp³-hybridized carbons (Fsp3) is 0.400. The van der Waals surface area contributed by atoms with Gasteiger partial charge in [-0.3, -0.25) is 20.2 Å². The van der Waals surface area contributed by atoms with Gasteiger partial charge in [-0.25, -0.2) is 4.79 Å². The summed E-state index contributed by atoms with van der Waals surface area (Å²) in [6, 6.07) is 3.22. The Morgan fingerprint density at radius 2 is 2.00 bits per heavy atom. The Bertz CT molecular complexity index is 736. The molecule has 25 heavy (non-hydrogen) atoms. The van der Waals surface area contributed by atoms with Crippen molar-refractivity contribution in [3.8, 4) is 0 Å². The largest absolute Gasteiger partial charge is 0.442 e. The van der Waals surface area contributed by atoms with Crippen LogP contribution in [0.15, 0.2) is 18.2 Å². The van der Waals surface area contributed by atoms with E-state index >= 15 is 0 Å². The molecule has 3 amide bonds. The van der Waals surface area contributed by atoms with E-state index in [1.54, 1.807) is 19.2 Å². The van der Waals surface area contributed by atoms with Gasteiger partial charge in [-0.1, -0.05) is 25.4 Å². The van der Waals surface area contributed by atoms with Crippen molar-refractivity contribution in [2.24, 2.45) is 5.92 Å². The van der Waals surface area contributed by atoms with Crippen LogP contribution in [0.25, 0.3) is 0 Å². The van der Waals surface area contributed by atoms with E-state index in [1.807, 2.05) is 0 Å². The number of carbonyl (C=O) groups excluding carboxylic acids is 3. The standard InChI is InChI=1S/C15H14ClF3N2O4/c1-7(2)5-11(22)21-12(23)14(15(17,18)19)9-6-8(16)3-4-10(9)20-13(24)25-14/h3-4,6-7H,5H2,1-2H3,(H,20,24)(H,21,22,23)/t14-/m1/s1. The number of ether oxygens (including phenoxy) is 1. The first-order valence-corrected chi connectivity index (χ1v) is 7.56. The van der Waals surface area contributed by atoms with Crippen LogP contribution >= 0.6 is 11.6 Å². The summed E-state index contributed by atoms with van der Waals surface area (Å²) in [6.45, 7) is 3.31. The summed E-state index contributed by atoms with van der Waals surface area (Å²) < 4.78 is 45.9. The van der Waals surface area contributed by atoms with Crippen LogP contribution in [0.4, 0.5) is 23.7 Å². The van der Waals surface area contributed by atoms with Gasteiger partial charge in [-0.15, -0.1) is 0 Å². The molecular weight excluding hydrogens is 365 g/mol. The lowest BCUT2D eigenvalue weighted by Crippen LogP contribution is -2.60. The number of cyclic esters (lactones) is 1. The van der Waals surface area contributed by atoms with Gasteiger partial charge in [0.1, 0.15) is 0 Å². The van der Waals surface area contributed by atoms with Crippen molar-refractivity contribution in [1.29, 1.82) is 0 Å². The Kier molecular flexibility index (Phi) is 4.99. The first-order valence-electron chi connectivity index (χ1n) is 7.18. The predicted octanol–water partition coefficient (Wildman–Crippen LogP) is 3.35. The van der Waals surface area contributed by atoms with E-state index in [9.17, 15) is 27.6 Å². The molecule has 0 bridgehead atoms. The topological polar surface area (TPSA) is 84.5 Å². The second kappa shape index (κ2) is 6.55. The summed E-state index contributed by atoms with van der Waals surface area (Å²) in [4.78, 5) is 35.7. The summed E-state index contributed by atoms with van der Waals surface area (Å²) in [7, 11) is 0. The van der Waals surface area contributed by atoms with E-state index < -0.39 is 35.2 Å². The van der Waals surface area contributed by atoms with Crippen LogP contribution in [0.2, 0.25) is 5.02 Å². The van der Waals surface area contributed by atoms with E-state index in [1.165, 1.54) is 6.07 Å². The van der Waals surface area contributed by atoms with E-state index in [4.69, 9.17) is 11.6 Å². The average Bonchev–Trinajstić information content (AvgIpc) is 2.44. The third-order valence-corrected chi connectivity index (χ3v) is 3.64. The zero-order valence-electron chi connectivity index (χ0n) is 13.2. The minimum Gasteiger partial charge on any atom is -0.417 e. The number of carbonyl (C=O) groups is 3. The summed E-state index contributed by atoms with van der Waals surface area (Å²) in [5, 5.41) is 3.63. The van der Waals surface area contributed by atoms with Crippen LogP contribution in [0.3, 0.4) is 0 Å². The van der Waals surface area contributed by atoms with Crippen LogP contribution < -0.4 is 10.6 Å². The molecule has 0 saturated carbocycles. The van der Waals surface area contributed by atoms with Gasteiger partial charge in [0.15, 0.2) is 0 Å². The van der Waals surface area contributed by atoms with Gasteiger partial charge in [0.2, 0.25) is 5.91 Å². The fourth-order valence-electron chi connectivity index (χ4n) is 2.39. The number of imide groups is 1. The van der Waals surface area contributed by atoms with Crippen LogP contribution in [0.5, 0.6) is 0 Å². The molecule has 1 heterocycles. The van der Waals surface area contributed by atoms with Crippen LogP contribution in [-0.2, 0) is 19.9 Å². The van der Waals surface area contributed by atoms with Crippen molar-refractivity contribution in [3.05, 3.63) is 28.8 Å². The third-order valence-electron chi connectivity index (χ3n) is 3.41. The molecule has 136 valence electrons. The molecule has 0 aliphatic carbocycles. The maximum absolute atomic E-state index is 13.8. The molecule has 10 heteroatoms. The van der Waals surface area contributed by atoms with Crippen molar-refractivity contribution in [1.82, 2.24) is 5.32 Å². The third kappa shape index (κ3) is 3.55. The highest BCUT2D eigenvalue weighted by Crippen LogP contribution is 2.48. The monoisotopic (exact) mass is 378 g/mol. The van der Waals surface area contributed by atoms with E-state index in [0.29, 0.717) is 0 Å². The van der Waals surface area contributed by atoms with Crippen LogP contribution in [0.1, 0.15) is 25.8 Å². The smallest absolute Gasteiger partial charge is 0.417 e. The van der Waals surface area contributed by atoms with Crippen molar-refractivity contribution in [2.75, 3.05) is 5.32 Å². The molecule has 0 aromatic heterocycles.